The zero-order valence-corrected chi connectivity index (χ0v) is 11.9. The fourth-order valence-corrected chi connectivity index (χ4v) is 1.97. The molecule has 0 aromatic carbocycles. The molecular formula is C15H15N3O4. The van der Waals surface area contributed by atoms with Crippen LogP contribution in [0.2, 0.25) is 0 Å². The van der Waals surface area contributed by atoms with E-state index in [2.05, 4.69) is 15.3 Å². The maximum Gasteiger partial charge on any atom is 0.221 e. The van der Waals surface area contributed by atoms with Crippen molar-refractivity contribution in [3.05, 3.63) is 48.2 Å². The van der Waals surface area contributed by atoms with Gasteiger partial charge in [-0.2, -0.15) is 0 Å². The van der Waals surface area contributed by atoms with Crippen molar-refractivity contribution in [2.24, 2.45) is 0 Å². The van der Waals surface area contributed by atoms with Crippen molar-refractivity contribution in [1.82, 2.24) is 15.3 Å². The maximum absolute atomic E-state index is 11.4. The highest BCUT2D eigenvalue weighted by atomic mass is 16.5. The highest BCUT2D eigenvalue weighted by Crippen LogP contribution is 2.27. The van der Waals surface area contributed by atoms with Gasteiger partial charge in [0.1, 0.15) is 5.60 Å². The van der Waals surface area contributed by atoms with Gasteiger partial charge < -0.3 is 10.1 Å². The number of rotatable bonds is 6. The lowest BCUT2D eigenvalue weighted by molar-refractivity contribution is -0.139. The molecule has 1 aromatic heterocycles. The number of aromatic nitrogens is 2. The van der Waals surface area contributed by atoms with E-state index in [4.69, 9.17) is 4.74 Å². The Morgan fingerprint density at radius 1 is 1.41 bits per heavy atom. The fraction of sp³-hybridized carbons (Fsp3) is 0.267. The molecule has 0 saturated carbocycles. The predicted molar refractivity (Wildman–Crippen MR) is 76.4 cm³/mol. The number of carbonyl (C=O) groups is 3. The summed E-state index contributed by atoms with van der Waals surface area (Å²) in [5, 5.41) is 2.61. The van der Waals surface area contributed by atoms with Gasteiger partial charge in [0, 0.05) is 31.4 Å². The number of carbonyl (C=O) groups excluding carboxylic acids is 3. The Kier molecular flexibility index (Phi) is 4.90. The molecule has 7 nitrogen and oxygen atoms in total. The van der Waals surface area contributed by atoms with Crippen molar-refractivity contribution in [1.29, 1.82) is 0 Å². The van der Waals surface area contributed by atoms with Crippen LogP contribution >= 0.6 is 0 Å². The third-order valence-corrected chi connectivity index (χ3v) is 3.02. The van der Waals surface area contributed by atoms with Crippen LogP contribution in [0, 0.1) is 0 Å². The second-order valence-electron chi connectivity index (χ2n) is 4.73. The van der Waals surface area contributed by atoms with Crippen LogP contribution in [-0.2, 0) is 19.1 Å². The maximum atomic E-state index is 11.4. The first-order valence-corrected chi connectivity index (χ1v) is 6.62. The van der Waals surface area contributed by atoms with Crippen LogP contribution < -0.4 is 5.32 Å². The fourth-order valence-electron chi connectivity index (χ4n) is 1.97. The van der Waals surface area contributed by atoms with Crippen molar-refractivity contribution in [3.63, 3.8) is 0 Å². The van der Waals surface area contributed by atoms with Crippen LogP contribution in [0.3, 0.4) is 0 Å². The first-order valence-electron chi connectivity index (χ1n) is 6.62. The van der Waals surface area contributed by atoms with Gasteiger partial charge in [-0.1, -0.05) is 6.08 Å². The number of allylic oxidation sites excluding steroid dienone is 1. The van der Waals surface area contributed by atoms with Crippen LogP contribution in [0.4, 0.5) is 0 Å². The molecule has 1 aliphatic rings. The monoisotopic (exact) mass is 301 g/mol. The first-order chi connectivity index (χ1) is 10.6. The second kappa shape index (κ2) is 6.86. The molecule has 2 atom stereocenters. The molecule has 0 fully saturated rings. The lowest BCUT2D eigenvalue weighted by Crippen LogP contribution is -2.36. The first kappa shape index (κ1) is 15.7. The Hall–Kier alpha value is -2.67. The van der Waals surface area contributed by atoms with E-state index in [0.717, 1.165) is 0 Å². The van der Waals surface area contributed by atoms with E-state index in [-0.39, 0.29) is 18.2 Å². The van der Waals surface area contributed by atoms with Crippen LogP contribution in [0.15, 0.2) is 42.4 Å². The predicted octanol–water partition coefficient (Wildman–Crippen LogP) is 0.651. The van der Waals surface area contributed by atoms with Crippen molar-refractivity contribution in [3.8, 4) is 0 Å². The Morgan fingerprint density at radius 3 is 2.64 bits per heavy atom. The van der Waals surface area contributed by atoms with Gasteiger partial charge in [-0.3, -0.25) is 14.4 Å². The smallest absolute Gasteiger partial charge is 0.221 e. The number of ether oxygens (including phenoxy) is 1. The summed E-state index contributed by atoms with van der Waals surface area (Å²) in [6.45, 7) is 1.39. The topological polar surface area (TPSA) is 98.2 Å². The molecule has 1 aromatic rings. The van der Waals surface area contributed by atoms with E-state index in [1.807, 2.05) is 0 Å². The third-order valence-electron chi connectivity index (χ3n) is 3.02. The van der Waals surface area contributed by atoms with Crippen LogP contribution in [0.1, 0.15) is 25.3 Å². The van der Waals surface area contributed by atoms with E-state index in [1.54, 1.807) is 18.2 Å². The van der Waals surface area contributed by atoms with Gasteiger partial charge in [0.25, 0.3) is 0 Å². The summed E-state index contributed by atoms with van der Waals surface area (Å²) in [4.78, 5) is 41.6. The molecule has 1 aliphatic carbocycles. The molecule has 22 heavy (non-hydrogen) atoms. The SMILES string of the molecule is CC(=O)NC1=CCC(C=O)(OC(C=O)c2ncccn2)C=C1. The minimum Gasteiger partial charge on any atom is -0.344 e. The molecule has 2 unspecified atom stereocenters. The molecule has 0 saturated heterocycles. The lowest BCUT2D eigenvalue weighted by atomic mass is 9.95. The van der Waals surface area contributed by atoms with E-state index >= 15 is 0 Å². The summed E-state index contributed by atoms with van der Waals surface area (Å²) in [6, 6.07) is 1.61. The van der Waals surface area contributed by atoms with Gasteiger partial charge in [-0.25, -0.2) is 9.97 Å². The van der Waals surface area contributed by atoms with Crippen LogP contribution in [0.25, 0.3) is 0 Å². The van der Waals surface area contributed by atoms with E-state index < -0.39 is 11.7 Å². The molecule has 1 N–H and O–H groups in total. The van der Waals surface area contributed by atoms with Crippen molar-refractivity contribution >= 4 is 18.5 Å². The molecule has 2 rings (SSSR count). The highest BCUT2D eigenvalue weighted by Gasteiger charge is 2.33. The number of nitrogens with one attached hydrogen (secondary N) is 1. The van der Waals surface area contributed by atoms with Gasteiger partial charge in [0.05, 0.1) is 0 Å². The summed E-state index contributed by atoms with van der Waals surface area (Å²) in [5.74, 6) is -0.0253. The highest BCUT2D eigenvalue weighted by molar-refractivity contribution is 5.76. The minimum atomic E-state index is -1.28. The zero-order valence-electron chi connectivity index (χ0n) is 11.9. The molecule has 0 aliphatic heterocycles. The van der Waals surface area contributed by atoms with Gasteiger partial charge >= 0.3 is 0 Å². The average molecular weight is 301 g/mol. The Bertz CT molecular complexity index is 627. The van der Waals surface area contributed by atoms with Gasteiger partial charge in [0.2, 0.25) is 5.91 Å². The molecule has 1 heterocycles. The second-order valence-corrected chi connectivity index (χ2v) is 4.73. The van der Waals surface area contributed by atoms with Crippen molar-refractivity contribution in [2.45, 2.75) is 25.0 Å². The zero-order chi connectivity index (χ0) is 16.0. The summed E-state index contributed by atoms with van der Waals surface area (Å²) in [7, 11) is 0. The Labute approximate surface area is 127 Å². The molecule has 0 radical (unpaired) electrons. The Morgan fingerprint density at radius 2 is 2.14 bits per heavy atom. The van der Waals surface area contributed by atoms with E-state index in [0.29, 0.717) is 18.3 Å². The van der Waals surface area contributed by atoms with Gasteiger partial charge in [-0.15, -0.1) is 0 Å². The largest absolute Gasteiger partial charge is 0.344 e. The summed E-state index contributed by atoms with van der Waals surface area (Å²) in [5.41, 5.74) is -0.709. The number of hydrogen-bond acceptors (Lipinski definition) is 6. The van der Waals surface area contributed by atoms with Gasteiger partial charge in [0.15, 0.2) is 24.5 Å². The third kappa shape index (κ3) is 3.70. The molecular weight excluding hydrogens is 286 g/mol. The number of nitrogens with zero attached hydrogens (tertiary/aromatic N) is 2. The summed E-state index contributed by atoms with van der Waals surface area (Å²) in [6.07, 6.45) is 8.00. The van der Waals surface area contributed by atoms with Crippen molar-refractivity contribution in [2.75, 3.05) is 0 Å². The Balaban J connectivity index is 2.14. The quantitative estimate of drug-likeness (QED) is 0.775. The van der Waals surface area contributed by atoms with Gasteiger partial charge in [-0.05, 0) is 18.2 Å². The molecule has 7 heteroatoms. The summed E-state index contributed by atoms with van der Waals surface area (Å²) < 4.78 is 5.61. The standard InChI is InChI=1S/C15H15N3O4/c1-11(21)18-12-3-5-15(10-20,6-4-12)22-13(9-19)14-16-7-2-8-17-14/h2-5,7-10,13H,6H2,1H3,(H,18,21). The normalized spacial score (nSPS) is 21.6. The molecule has 1 amide bonds. The molecule has 0 bridgehead atoms. The number of amides is 1. The minimum absolute atomic E-state index is 0.184. The molecule has 114 valence electrons. The van der Waals surface area contributed by atoms with E-state index in [1.165, 1.54) is 25.4 Å². The summed E-state index contributed by atoms with van der Waals surface area (Å²) >= 11 is 0. The van der Waals surface area contributed by atoms with Crippen LogP contribution in [-0.4, -0.2) is 34.0 Å². The number of aldehydes is 2. The van der Waals surface area contributed by atoms with Crippen LogP contribution in [0.5, 0.6) is 0 Å². The van der Waals surface area contributed by atoms with E-state index in [9.17, 15) is 14.4 Å². The molecule has 0 spiro atoms. The van der Waals surface area contributed by atoms with Crippen molar-refractivity contribution < 1.29 is 19.1 Å². The lowest BCUT2D eigenvalue weighted by Gasteiger charge is -2.29. The average Bonchev–Trinajstić information content (AvgIpc) is 2.55. The number of hydrogen-bond donors (Lipinski definition) is 1.